The van der Waals surface area contributed by atoms with Crippen LogP contribution in [0.2, 0.25) is 0 Å². The zero-order chi connectivity index (χ0) is 13.5. The molecule has 0 aromatic carbocycles. The van der Waals surface area contributed by atoms with Gasteiger partial charge in [-0.2, -0.15) is 0 Å². The molecule has 0 saturated heterocycles. The Kier molecular flexibility index (Phi) is 12.3. The summed E-state index contributed by atoms with van der Waals surface area (Å²) in [5.41, 5.74) is 0. The van der Waals surface area contributed by atoms with Gasteiger partial charge in [-0.05, 0) is 6.42 Å². The van der Waals surface area contributed by atoms with Crippen LogP contribution < -0.4 is 5.32 Å². The van der Waals surface area contributed by atoms with Crippen LogP contribution in [0.25, 0.3) is 0 Å². The zero-order valence-corrected chi connectivity index (χ0v) is 11.0. The number of carbonyl (C=O) groups excluding carboxylic acids is 1. The molecule has 0 saturated carbocycles. The lowest BCUT2D eigenvalue weighted by atomic mass is 10.1. The molecule has 0 aliphatic rings. The topological polar surface area (TPSA) is 67.8 Å². The van der Waals surface area contributed by atoms with Crippen LogP contribution in [0, 0.1) is 16.9 Å². The third-order valence-electron chi connectivity index (χ3n) is 2.53. The molecule has 0 unspecified atom stereocenters. The van der Waals surface area contributed by atoms with Gasteiger partial charge in [-0.15, -0.1) is 4.91 Å². The van der Waals surface area contributed by atoms with Crippen LogP contribution in [-0.2, 0) is 9.63 Å². The van der Waals surface area contributed by atoms with Gasteiger partial charge in [0.15, 0.2) is 5.34 Å². The molecule has 0 spiro atoms. The molecule has 0 radical (unpaired) electrons. The molecule has 0 atom stereocenters. The largest absolute Gasteiger partial charge is 0.415 e. The number of hydrogen-bond donors (Lipinski definition) is 1. The first-order valence-corrected chi connectivity index (χ1v) is 6.58. The van der Waals surface area contributed by atoms with E-state index < -0.39 is 5.97 Å². The van der Waals surface area contributed by atoms with Crippen molar-refractivity contribution in [1.82, 2.24) is 5.32 Å². The minimum atomic E-state index is -0.937. The molecule has 5 heteroatoms. The highest BCUT2D eigenvalue weighted by atomic mass is 16.7. The summed E-state index contributed by atoms with van der Waals surface area (Å²) in [6, 6.07) is 2.42. The van der Waals surface area contributed by atoms with Crippen molar-refractivity contribution < 1.29 is 9.63 Å². The minimum Gasteiger partial charge on any atom is -0.345 e. The Balaban J connectivity index is 3.20. The Morgan fingerprint density at radius 3 is 2.33 bits per heavy atom. The van der Waals surface area contributed by atoms with Crippen molar-refractivity contribution in [3.8, 4) is 12.0 Å². The minimum absolute atomic E-state index is 0.740. The maximum atomic E-state index is 10.6. The van der Waals surface area contributed by atoms with Crippen molar-refractivity contribution in [3.05, 3.63) is 4.91 Å². The van der Waals surface area contributed by atoms with E-state index >= 15 is 0 Å². The van der Waals surface area contributed by atoms with Gasteiger partial charge in [-0.25, -0.2) is 4.79 Å². The number of hydrogen-bond acceptors (Lipinski definition) is 5. The van der Waals surface area contributed by atoms with Gasteiger partial charge in [-0.1, -0.05) is 51.9 Å². The molecule has 0 aliphatic carbocycles. The van der Waals surface area contributed by atoms with Gasteiger partial charge < -0.3 is 5.32 Å². The van der Waals surface area contributed by atoms with Gasteiger partial charge in [0, 0.05) is 18.5 Å². The fourth-order valence-electron chi connectivity index (χ4n) is 1.56. The highest BCUT2D eigenvalue weighted by Gasteiger charge is 1.94. The van der Waals surface area contributed by atoms with Crippen LogP contribution in [0.4, 0.5) is 0 Å². The predicted molar refractivity (Wildman–Crippen MR) is 70.3 cm³/mol. The van der Waals surface area contributed by atoms with Crippen LogP contribution in [0.5, 0.6) is 0 Å². The maximum absolute atomic E-state index is 10.6. The fourth-order valence-corrected chi connectivity index (χ4v) is 1.56. The average Bonchev–Trinajstić information content (AvgIpc) is 2.36. The second kappa shape index (κ2) is 13.5. The summed E-state index contributed by atoms with van der Waals surface area (Å²) < 4.78 is 0. The van der Waals surface area contributed by atoms with E-state index in [-0.39, 0.29) is 0 Å². The third-order valence-corrected chi connectivity index (χ3v) is 2.53. The lowest BCUT2D eigenvalue weighted by Gasteiger charge is -2.00. The second-order valence-electron chi connectivity index (χ2n) is 4.10. The molecule has 5 nitrogen and oxygen atoms in total. The third kappa shape index (κ3) is 12.5. The van der Waals surface area contributed by atoms with Gasteiger partial charge >= 0.3 is 5.97 Å². The Morgan fingerprint density at radius 1 is 1.11 bits per heavy atom. The first-order valence-electron chi connectivity index (χ1n) is 6.58. The Morgan fingerprint density at radius 2 is 1.72 bits per heavy atom. The van der Waals surface area contributed by atoms with Crippen LogP contribution >= 0.6 is 0 Å². The smallest absolute Gasteiger partial charge is 0.345 e. The van der Waals surface area contributed by atoms with E-state index in [0.29, 0.717) is 0 Å². The molecule has 0 rings (SSSR count). The number of nitrogens with zero attached hydrogens (tertiary/aromatic N) is 1. The molecule has 0 heterocycles. The predicted octanol–water partition coefficient (Wildman–Crippen LogP) is 2.90. The number of carbonyl (C=O) groups is 1. The number of rotatable bonds is 10. The van der Waals surface area contributed by atoms with Crippen molar-refractivity contribution >= 4 is 5.97 Å². The Labute approximate surface area is 109 Å². The van der Waals surface area contributed by atoms with Gasteiger partial charge in [0.25, 0.3) is 0 Å². The molecule has 18 heavy (non-hydrogen) atoms. The van der Waals surface area contributed by atoms with Gasteiger partial charge in [0.2, 0.25) is 0 Å². The molecule has 1 N–H and O–H groups in total. The summed E-state index contributed by atoms with van der Waals surface area (Å²) in [4.78, 5) is 23.9. The van der Waals surface area contributed by atoms with Crippen molar-refractivity contribution in [3.63, 3.8) is 0 Å². The molecule has 0 aliphatic heterocycles. The molecule has 0 aromatic heterocycles. The van der Waals surface area contributed by atoms with Crippen molar-refractivity contribution in [2.45, 2.75) is 58.3 Å². The van der Waals surface area contributed by atoms with Crippen molar-refractivity contribution in [2.75, 3.05) is 6.54 Å². The van der Waals surface area contributed by atoms with E-state index in [9.17, 15) is 9.70 Å². The quantitative estimate of drug-likeness (QED) is 0.214. The summed E-state index contributed by atoms with van der Waals surface area (Å²) in [6.07, 6.45) is 10.0. The van der Waals surface area contributed by atoms with Gasteiger partial charge in [-0.3, -0.25) is 4.84 Å². The highest BCUT2D eigenvalue weighted by Crippen LogP contribution is 2.07. The number of unbranched alkanes of at least 4 members (excludes halogenated alkanes) is 7. The molecule has 0 bridgehead atoms. The van der Waals surface area contributed by atoms with Crippen LogP contribution in [0.3, 0.4) is 0 Å². The summed E-state index contributed by atoms with van der Waals surface area (Å²) in [7, 11) is 0. The molecular formula is C13H22N2O3. The lowest BCUT2D eigenvalue weighted by molar-refractivity contribution is -0.136. The number of nitrogens with one attached hydrogen (secondary N) is 1. The second-order valence-corrected chi connectivity index (χ2v) is 4.10. The lowest BCUT2D eigenvalue weighted by Crippen LogP contribution is -2.08. The van der Waals surface area contributed by atoms with Crippen molar-refractivity contribution in [2.24, 2.45) is 5.34 Å². The summed E-state index contributed by atoms with van der Waals surface area (Å²) in [5, 5.41) is 4.76. The molecule has 0 amide bonds. The normalized spacial score (nSPS) is 9.17. The van der Waals surface area contributed by atoms with Gasteiger partial charge in [0.1, 0.15) is 0 Å². The van der Waals surface area contributed by atoms with Crippen LogP contribution in [-0.4, -0.2) is 12.5 Å². The van der Waals surface area contributed by atoms with Gasteiger partial charge in [0.05, 0.1) is 0 Å². The van der Waals surface area contributed by atoms with E-state index in [2.05, 4.69) is 29.0 Å². The van der Waals surface area contributed by atoms with Crippen LogP contribution in [0.15, 0.2) is 5.34 Å². The molecule has 0 aromatic rings. The van der Waals surface area contributed by atoms with E-state index in [4.69, 9.17) is 0 Å². The average molecular weight is 254 g/mol. The summed E-state index contributed by atoms with van der Waals surface area (Å²) >= 11 is 0. The zero-order valence-electron chi connectivity index (χ0n) is 11.0. The molecular weight excluding hydrogens is 232 g/mol. The van der Waals surface area contributed by atoms with E-state index in [1.54, 1.807) is 0 Å². The standard InChI is InChI=1S/C13H22N2O3/c1-2-3-4-5-6-7-8-9-11-14-12-10-13(16)18-15-17/h14H,2-9,11H2,1H3. The summed E-state index contributed by atoms with van der Waals surface area (Å²) in [6.45, 7) is 2.96. The van der Waals surface area contributed by atoms with Crippen LogP contribution in [0.1, 0.15) is 58.3 Å². The highest BCUT2D eigenvalue weighted by molar-refractivity contribution is 5.88. The van der Waals surface area contributed by atoms with E-state index in [1.165, 1.54) is 44.9 Å². The SMILES string of the molecule is CCCCCCCCCCNC#CC(=O)ON=O. The van der Waals surface area contributed by atoms with E-state index in [1.807, 2.05) is 5.34 Å². The first-order chi connectivity index (χ1) is 8.81. The van der Waals surface area contributed by atoms with Crippen molar-refractivity contribution in [1.29, 1.82) is 0 Å². The first kappa shape index (κ1) is 16.4. The Hall–Kier alpha value is -1.57. The summed E-state index contributed by atoms with van der Waals surface area (Å²) in [5.74, 6) is 1.16. The monoisotopic (exact) mass is 254 g/mol. The Bertz CT molecular complexity index is 282. The fraction of sp³-hybridized carbons (Fsp3) is 0.769. The maximum Gasteiger partial charge on any atom is 0.415 e. The molecule has 102 valence electrons. The van der Waals surface area contributed by atoms with E-state index in [0.717, 1.165) is 13.0 Å². The molecule has 0 fully saturated rings.